The second-order valence-corrected chi connectivity index (χ2v) is 8.43. The summed E-state index contributed by atoms with van der Waals surface area (Å²) < 4.78 is 3.03. The Balaban J connectivity index is 1.60. The molecule has 0 saturated heterocycles. The van der Waals surface area contributed by atoms with Crippen molar-refractivity contribution in [1.82, 2.24) is 19.7 Å². The smallest absolute Gasteiger partial charge is 0.298 e. The number of aryl methyl sites for hydroxylation is 3. The van der Waals surface area contributed by atoms with Gasteiger partial charge in [-0.05, 0) is 43.0 Å². The van der Waals surface area contributed by atoms with E-state index in [-0.39, 0.29) is 5.91 Å². The first kappa shape index (κ1) is 18.0. The Hall–Kier alpha value is -3.06. The van der Waals surface area contributed by atoms with Gasteiger partial charge >= 0.3 is 0 Å². The number of benzene rings is 2. The van der Waals surface area contributed by atoms with Crippen LogP contribution >= 0.6 is 11.3 Å². The van der Waals surface area contributed by atoms with Gasteiger partial charge in [0.2, 0.25) is 5.82 Å². The van der Waals surface area contributed by atoms with Gasteiger partial charge in [-0.15, -0.1) is 10.2 Å². The fourth-order valence-corrected chi connectivity index (χ4v) is 4.77. The standard InChI is InChI=1S/C22H21N5OS/c1-14-10-11-17-19(15(14)2)23-22(29-17)27(13-16-7-4-3-5-8-16)21(28)20-25-24-18-9-6-12-26(18)20/h3-5,7-8,10-11H,6,9,12-13H2,1-2H3. The maximum atomic E-state index is 13.6. The number of nitrogens with zero attached hydrogens (tertiary/aromatic N) is 5. The maximum absolute atomic E-state index is 13.6. The van der Waals surface area contributed by atoms with Crippen LogP contribution in [0.25, 0.3) is 10.2 Å². The number of thiazole rings is 1. The molecule has 0 unspecified atom stereocenters. The predicted octanol–water partition coefficient (Wildman–Crippen LogP) is 4.30. The van der Waals surface area contributed by atoms with Crippen molar-refractivity contribution >= 4 is 32.6 Å². The molecule has 0 bridgehead atoms. The van der Waals surface area contributed by atoms with E-state index in [9.17, 15) is 4.79 Å². The molecule has 0 aliphatic carbocycles. The Kier molecular flexibility index (Phi) is 4.39. The van der Waals surface area contributed by atoms with Gasteiger partial charge in [0.25, 0.3) is 5.91 Å². The quantitative estimate of drug-likeness (QED) is 0.510. The summed E-state index contributed by atoms with van der Waals surface area (Å²) in [5.41, 5.74) is 4.36. The van der Waals surface area contributed by atoms with E-state index in [4.69, 9.17) is 4.98 Å². The highest BCUT2D eigenvalue weighted by atomic mass is 32.1. The Labute approximate surface area is 172 Å². The molecule has 2 aromatic heterocycles. The second kappa shape index (κ2) is 7.08. The van der Waals surface area contributed by atoms with Crippen molar-refractivity contribution in [1.29, 1.82) is 0 Å². The summed E-state index contributed by atoms with van der Waals surface area (Å²) >= 11 is 1.54. The Bertz CT molecular complexity index is 1210. The first-order chi connectivity index (χ1) is 14.1. The summed E-state index contributed by atoms with van der Waals surface area (Å²) in [5, 5.41) is 9.12. The average Bonchev–Trinajstić information content (AvgIpc) is 3.45. The zero-order valence-corrected chi connectivity index (χ0v) is 17.2. The SMILES string of the molecule is Cc1ccc2sc(N(Cc3ccccc3)C(=O)c3nnc4n3CCC4)nc2c1C. The molecule has 1 amide bonds. The summed E-state index contributed by atoms with van der Waals surface area (Å²) in [6.07, 6.45) is 1.88. The molecule has 5 rings (SSSR count). The number of carbonyl (C=O) groups excluding carboxylic acids is 1. The fraction of sp³-hybridized carbons (Fsp3) is 0.273. The third kappa shape index (κ3) is 3.11. The molecule has 6 nitrogen and oxygen atoms in total. The summed E-state index contributed by atoms with van der Waals surface area (Å²) in [5.74, 6) is 1.15. The number of hydrogen-bond acceptors (Lipinski definition) is 5. The van der Waals surface area contributed by atoms with Gasteiger partial charge in [-0.1, -0.05) is 47.7 Å². The van der Waals surface area contributed by atoms with Crippen LogP contribution in [0, 0.1) is 13.8 Å². The van der Waals surface area contributed by atoms with E-state index in [1.807, 2.05) is 34.9 Å². The molecule has 4 aromatic rings. The van der Waals surface area contributed by atoms with Crippen molar-refractivity contribution in [3.63, 3.8) is 0 Å². The van der Waals surface area contributed by atoms with Crippen molar-refractivity contribution in [2.45, 2.75) is 39.8 Å². The molecule has 0 saturated carbocycles. The summed E-state index contributed by atoms with van der Waals surface area (Å²) in [7, 11) is 0. The first-order valence-electron chi connectivity index (χ1n) is 9.76. The molecular weight excluding hydrogens is 382 g/mol. The molecule has 2 aromatic carbocycles. The minimum atomic E-state index is -0.150. The molecule has 1 aliphatic heterocycles. The highest BCUT2D eigenvalue weighted by molar-refractivity contribution is 7.22. The molecule has 0 N–H and O–H groups in total. The molecule has 3 heterocycles. The van der Waals surface area contributed by atoms with E-state index < -0.39 is 0 Å². The van der Waals surface area contributed by atoms with E-state index >= 15 is 0 Å². The first-order valence-corrected chi connectivity index (χ1v) is 10.6. The minimum Gasteiger partial charge on any atom is -0.307 e. The molecule has 7 heteroatoms. The molecule has 146 valence electrons. The normalized spacial score (nSPS) is 13.0. The predicted molar refractivity (Wildman–Crippen MR) is 114 cm³/mol. The van der Waals surface area contributed by atoms with Crippen molar-refractivity contribution in [2.75, 3.05) is 4.90 Å². The van der Waals surface area contributed by atoms with Gasteiger partial charge in [0, 0.05) is 13.0 Å². The van der Waals surface area contributed by atoms with Gasteiger partial charge in [-0.2, -0.15) is 0 Å². The topological polar surface area (TPSA) is 63.9 Å². The van der Waals surface area contributed by atoms with Crippen molar-refractivity contribution in [2.24, 2.45) is 0 Å². The van der Waals surface area contributed by atoms with E-state index in [0.717, 1.165) is 46.6 Å². The number of aromatic nitrogens is 4. The third-order valence-corrected chi connectivity index (χ3v) is 6.58. The van der Waals surface area contributed by atoms with Gasteiger partial charge < -0.3 is 4.57 Å². The molecule has 0 fully saturated rings. The third-order valence-electron chi connectivity index (χ3n) is 5.53. The maximum Gasteiger partial charge on any atom is 0.298 e. The zero-order chi connectivity index (χ0) is 20.0. The molecule has 29 heavy (non-hydrogen) atoms. The van der Waals surface area contributed by atoms with Crippen LogP contribution in [-0.4, -0.2) is 25.7 Å². The van der Waals surface area contributed by atoms with Crippen LogP contribution in [0.2, 0.25) is 0 Å². The molecule has 0 spiro atoms. The Morgan fingerprint density at radius 3 is 2.79 bits per heavy atom. The highest BCUT2D eigenvalue weighted by Gasteiger charge is 2.29. The van der Waals surface area contributed by atoms with Crippen molar-refractivity contribution in [3.05, 3.63) is 70.8 Å². The Morgan fingerprint density at radius 2 is 1.97 bits per heavy atom. The Morgan fingerprint density at radius 1 is 1.14 bits per heavy atom. The van der Waals surface area contributed by atoms with Crippen LogP contribution in [0.4, 0.5) is 5.13 Å². The average molecular weight is 404 g/mol. The molecule has 0 atom stereocenters. The van der Waals surface area contributed by atoms with Gasteiger partial charge in [-0.25, -0.2) is 4.98 Å². The van der Waals surface area contributed by atoms with Crippen LogP contribution < -0.4 is 4.90 Å². The lowest BCUT2D eigenvalue weighted by molar-refractivity contribution is 0.0970. The van der Waals surface area contributed by atoms with Crippen LogP contribution in [0.3, 0.4) is 0 Å². The van der Waals surface area contributed by atoms with Gasteiger partial charge in [-0.3, -0.25) is 9.69 Å². The van der Waals surface area contributed by atoms with Gasteiger partial charge in [0.15, 0.2) is 5.13 Å². The number of carbonyl (C=O) groups is 1. The summed E-state index contributed by atoms with van der Waals surface area (Å²) in [4.78, 5) is 20.2. The van der Waals surface area contributed by atoms with E-state index in [2.05, 4.69) is 36.2 Å². The number of anilines is 1. The highest BCUT2D eigenvalue weighted by Crippen LogP contribution is 2.33. The van der Waals surface area contributed by atoms with E-state index in [0.29, 0.717) is 17.5 Å². The van der Waals surface area contributed by atoms with Crippen molar-refractivity contribution < 1.29 is 4.79 Å². The lowest BCUT2D eigenvalue weighted by Gasteiger charge is -2.19. The van der Waals surface area contributed by atoms with Crippen LogP contribution in [-0.2, 0) is 19.5 Å². The zero-order valence-electron chi connectivity index (χ0n) is 16.4. The lowest BCUT2D eigenvalue weighted by atomic mass is 10.1. The minimum absolute atomic E-state index is 0.150. The molecule has 0 radical (unpaired) electrons. The lowest BCUT2D eigenvalue weighted by Crippen LogP contribution is -2.32. The second-order valence-electron chi connectivity index (χ2n) is 7.42. The molecule has 1 aliphatic rings. The number of fused-ring (bicyclic) bond motifs is 2. The fourth-order valence-electron chi connectivity index (χ4n) is 3.75. The van der Waals surface area contributed by atoms with Gasteiger partial charge in [0.05, 0.1) is 16.8 Å². The van der Waals surface area contributed by atoms with Crippen LogP contribution in [0.5, 0.6) is 0 Å². The number of amides is 1. The monoisotopic (exact) mass is 403 g/mol. The van der Waals surface area contributed by atoms with Crippen LogP contribution in [0.1, 0.15) is 39.6 Å². The largest absolute Gasteiger partial charge is 0.307 e. The number of rotatable bonds is 4. The van der Waals surface area contributed by atoms with Gasteiger partial charge in [0.1, 0.15) is 5.82 Å². The van der Waals surface area contributed by atoms with E-state index in [1.54, 1.807) is 16.2 Å². The van der Waals surface area contributed by atoms with Crippen molar-refractivity contribution in [3.8, 4) is 0 Å². The summed E-state index contributed by atoms with van der Waals surface area (Å²) in [6.45, 7) is 5.40. The van der Waals surface area contributed by atoms with Crippen LogP contribution in [0.15, 0.2) is 42.5 Å². The summed E-state index contributed by atoms with van der Waals surface area (Å²) in [6, 6.07) is 14.2. The van der Waals surface area contributed by atoms with E-state index in [1.165, 1.54) is 5.56 Å². The molecular formula is C22H21N5OS. The number of hydrogen-bond donors (Lipinski definition) is 0.